The zero-order valence-electron chi connectivity index (χ0n) is 24.5. The molecule has 3 aromatic heterocycles. The van der Waals surface area contributed by atoms with Gasteiger partial charge in [0.1, 0.15) is 16.4 Å². The Kier molecular flexibility index (Phi) is 9.74. The van der Waals surface area contributed by atoms with Crippen LogP contribution in [0.2, 0.25) is 0 Å². The fraction of sp³-hybridized carbons (Fsp3) is 0.367. The number of rotatable bonds is 10. The molecule has 0 spiro atoms. The smallest absolute Gasteiger partial charge is 0.434 e. The lowest BCUT2D eigenvalue weighted by molar-refractivity contribution is -0.140. The lowest BCUT2D eigenvalue weighted by Gasteiger charge is -2.24. The molecule has 4 aromatic rings. The van der Waals surface area contributed by atoms with E-state index in [-0.39, 0.29) is 40.7 Å². The number of nitrogens with one attached hydrogen (secondary N) is 2. The van der Waals surface area contributed by atoms with E-state index in [0.717, 1.165) is 16.7 Å². The molecule has 0 bridgehead atoms. The third kappa shape index (κ3) is 6.60. The van der Waals surface area contributed by atoms with E-state index in [9.17, 15) is 37.8 Å². The number of urea groups is 1. The molecule has 1 unspecified atom stereocenters. The van der Waals surface area contributed by atoms with Crippen molar-refractivity contribution in [2.75, 3.05) is 18.5 Å². The lowest BCUT2D eigenvalue weighted by atomic mass is 9.91. The molecule has 0 aliphatic heterocycles. The van der Waals surface area contributed by atoms with Crippen molar-refractivity contribution >= 4 is 40.1 Å². The Hall–Kier alpha value is -4.30. The van der Waals surface area contributed by atoms with Crippen LogP contribution in [-0.4, -0.2) is 49.9 Å². The average molecular weight is 632 g/mol. The molecule has 234 valence electrons. The number of hydrogen-bond donors (Lipinski definition) is 4. The van der Waals surface area contributed by atoms with E-state index < -0.39 is 40.9 Å². The van der Waals surface area contributed by atoms with Crippen LogP contribution in [0.3, 0.4) is 0 Å². The fourth-order valence-corrected chi connectivity index (χ4v) is 6.02. The van der Waals surface area contributed by atoms with Gasteiger partial charge in [-0.2, -0.15) is 13.2 Å². The second-order valence-electron chi connectivity index (χ2n) is 10.5. The molecule has 44 heavy (non-hydrogen) atoms. The quantitative estimate of drug-likeness (QED) is 0.163. The molecule has 10 nitrogen and oxygen atoms in total. The van der Waals surface area contributed by atoms with Gasteiger partial charge < -0.3 is 20.1 Å². The maximum atomic E-state index is 13.7. The van der Waals surface area contributed by atoms with Gasteiger partial charge in [-0.25, -0.2) is 19.6 Å². The Morgan fingerprint density at radius 2 is 1.86 bits per heavy atom. The number of nitrogens with zero attached hydrogens (tertiary/aromatic N) is 3. The molecule has 4 rings (SSSR count). The predicted molar refractivity (Wildman–Crippen MR) is 162 cm³/mol. The fourth-order valence-electron chi connectivity index (χ4n) is 5.16. The van der Waals surface area contributed by atoms with Crippen LogP contribution in [0.15, 0.2) is 40.8 Å². The van der Waals surface area contributed by atoms with Crippen molar-refractivity contribution in [2.24, 2.45) is 5.92 Å². The number of thiazole rings is 1. The Bertz CT molecular complexity index is 1770. The first-order chi connectivity index (χ1) is 20.8. The SMILES string of the molecule is CCNC(=O)Nc1cc(-c2nc(C(F)(F)F)cs2)c(-c2ccc3c(c2CC)c(=O)c(C(=O)O)cn3C(CO)CC(C)C)cn1. The molecule has 2 amide bonds. The van der Waals surface area contributed by atoms with Crippen LogP contribution in [-0.2, 0) is 12.6 Å². The van der Waals surface area contributed by atoms with Crippen molar-refractivity contribution in [1.82, 2.24) is 19.9 Å². The number of carbonyl (C=O) groups is 2. The highest BCUT2D eigenvalue weighted by molar-refractivity contribution is 7.13. The molecule has 0 aliphatic carbocycles. The number of hydrogen-bond acceptors (Lipinski definition) is 7. The maximum Gasteiger partial charge on any atom is 0.434 e. The number of carbonyl (C=O) groups excluding carboxylic acids is 1. The highest BCUT2D eigenvalue weighted by atomic mass is 32.1. The maximum absolute atomic E-state index is 13.7. The van der Waals surface area contributed by atoms with Crippen LogP contribution in [0.5, 0.6) is 0 Å². The van der Waals surface area contributed by atoms with Crippen LogP contribution in [0.25, 0.3) is 32.6 Å². The van der Waals surface area contributed by atoms with Gasteiger partial charge in [-0.3, -0.25) is 10.1 Å². The van der Waals surface area contributed by atoms with Gasteiger partial charge in [-0.1, -0.05) is 26.8 Å². The Morgan fingerprint density at radius 3 is 2.43 bits per heavy atom. The van der Waals surface area contributed by atoms with Crippen LogP contribution >= 0.6 is 11.3 Å². The normalized spacial score (nSPS) is 12.5. The Morgan fingerprint density at radius 1 is 1.14 bits per heavy atom. The van der Waals surface area contributed by atoms with E-state index in [4.69, 9.17) is 0 Å². The number of alkyl halides is 3. The molecule has 14 heteroatoms. The highest BCUT2D eigenvalue weighted by Gasteiger charge is 2.34. The third-order valence-electron chi connectivity index (χ3n) is 7.04. The second kappa shape index (κ2) is 13.1. The van der Waals surface area contributed by atoms with Gasteiger partial charge in [0.15, 0.2) is 5.69 Å². The number of fused-ring (bicyclic) bond motifs is 1. The molecule has 1 aromatic carbocycles. The van der Waals surface area contributed by atoms with E-state index in [0.29, 0.717) is 35.2 Å². The van der Waals surface area contributed by atoms with E-state index in [1.165, 1.54) is 18.5 Å². The zero-order valence-corrected chi connectivity index (χ0v) is 25.3. The molecule has 0 fully saturated rings. The van der Waals surface area contributed by atoms with Crippen LogP contribution in [0, 0.1) is 5.92 Å². The number of amides is 2. The van der Waals surface area contributed by atoms with E-state index in [1.54, 1.807) is 30.5 Å². The second-order valence-corrected chi connectivity index (χ2v) is 11.4. The number of carboxylic acids is 1. The number of aliphatic hydroxyl groups is 1. The first-order valence-corrected chi connectivity index (χ1v) is 14.8. The third-order valence-corrected chi connectivity index (χ3v) is 7.91. The summed E-state index contributed by atoms with van der Waals surface area (Å²) in [6, 6.07) is 3.66. The van der Waals surface area contributed by atoms with E-state index in [2.05, 4.69) is 20.6 Å². The first-order valence-electron chi connectivity index (χ1n) is 13.9. The largest absolute Gasteiger partial charge is 0.477 e. The standard InChI is InChI=1S/C30H32F3N5O5S/c1-5-17-18(7-8-22-25(17)26(40)21(28(41)42)12-38(22)16(13-39)9-15(3)4)20-11-35-24(37-29(43)34-6-2)10-19(20)27-36-23(14-44-27)30(31,32)33/h7-8,10-12,14-16,39H,5-6,9,13H2,1-4H3,(H,41,42)(H2,34,35,37,43). The minimum atomic E-state index is -4.68. The summed E-state index contributed by atoms with van der Waals surface area (Å²) in [5.74, 6) is -1.21. The molecule has 0 aliphatic rings. The van der Waals surface area contributed by atoms with Crippen molar-refractivity contribution in [1.29, 1.82) is 0 Å². The van der Waals surface area contributed by atoms with E-state index in [1.807, 2.05) is 13.8 Å². The van der Waals surface area contributed by atoms with Crippen molar-refractivity contribution in [3.05, 3.63) is 63.0 Å². The lowest BCUT2D eigenvalue weighted by Crippen LogP contribution is -2.28. The van der Waals surface area contributed by atoms with Crippen LogP contribution in [0.4, 0.5) is 23.8 Å². The number of carboxylic acid groups (broad SMARTS) is 1. The number of pyridine rings is 2. The monoisotopic (exact) mass is 631 g/mol. The van der Waals surface area contributed by atoms with Gasteiger partial charge >= 0.3 is 18.2 Å². The molecular formula is C30H32F3N5O5S. The minimum absolute atomic E-state index is 0.00444. The Balaban J connectivity index is 2.04. The number of halogens is 3. The van der Waals surface area contributed by atoms with Crippen molar-refractivity contribution in [3.8, 4) is 21.7 Å². The number of aromatic nitrogens is 3. The summed E-state index contributed by atoms with van der Waals surface area (Å²) in [6.07, 6.45) is -1.29. The number of benzene rings is 1. The molecule has 4 N–H and O–H groups in total. The number of aryl methyl sites for hydroxylation is 1. The molecular weight excluding hydrogens is 599 g/mol. The summed E-state index contributed by atoms with van der Waals surface area (Å²) in [5.41, 5.74) is -0.413. The van der Waals surface area contributed by atoms with Gasteiger partial charge in [0.25, 0.3) is 0 Å². The first kappa shape index (κ1) is 32.6. The topological polar surface area (TPSA) is 146 Å². The van der Waals surface area contributed by atoms with Gasteiger partial charge in [-0.15, -0.1) is 11.3 Å². The number of aliphatic hydroxyl groups excluding tert-OH is 1. The van der Waals surface area contributed by atoms with Crippen molar-refractivity contribution in [2.45, 2.75) is 52.8 Å². The summed E-state index contributed by atoms with van der Waals surface area (Å²) in [5, 5.41) is 26.3. The zero-order chi connectivity index (χ0) is 32.3. The van der Waals surface area contributed by atoms with Gasteiger partial charge in [0.2, 0.25) is 5.43 Å². The van der Waals surface area contributed by atoms with E-state index >= 15 is 0 Å². The van der Waals surface area contributed by atoms with Gasteiger partial charge in [0, 0.05) is 35.4 Å². The molecule has 0 saturated carbocycles. The molecule has 3 heterocycles. The summed E-state index contributed by atoms with van der Waals surface area (Å²) in [4.78, 5) is 46.1. The summed E-state index contributed by atoms with van der Waals surface area (Å²) >= 11 is 0.759. The van der Waals surface area contributed by atoms with Crippen LogP contribution in [0.1, 0.15) is 61.8 Å². The molecule has 0 saturated heterocycles. The summed E-state index contributed by atoms with van der Waals surface area (Å²) in [7, 11) is 0. The Labute approximate surface area is 254 Å². The van der Waals surface area contributed by atoms with Crippen molar-refractivity contribution < 1.29 is 33.0 Å². The number of anilines is 1. The summed E-state index contributed by atoms with van der Waals surface area (Å²) < 4.78 is 42.1. The molecule has 0 radical (unpaired) electrons. The number of aromatic carboxylic acids is 1. The average Bonchev–Trinajstić information content (AvgIpc) is 3.47. The minimum Gasteiger partial charge on any atom is -0.477 e. The van der Waals surface area contributed by atoms with Crippen LogP contribution < -0.4 is 16.1 Å². The van der Waals surface area contributed by atoms with Gasteiger partial charge in [-0.05, 0) is 48.9 Å². The predicted octanol–water partition coefficient (Wildman–Crippen LogP) is 6.19. The van der Waals surface area contributed by atoms with Crippen molar-refractivity contribution in [3.63, 3.8) is 0 Å². The summed E-state index contributed by atoms with van der Waals surface area (Å²) in [6.45, 7) is 7.45. The molecule has 1 atom stereocenters. The highest BCUT2D eigenvalue weighted by Crippen LogP contribution is 2.41. The van der Waals surface area contributed by atoms with Gasteiger partial charge in [0.05, 0.1) is 23.6 Å².